The summed E-state index contributed by atoms with van der Waals surface area (Å²) in [5.74, 6) is 0.645. The fourth-order valence-electron chi connectivity index (χ4n) is 1.11. The maximum Gasteiger partial charge on any atom is 0.251 e. The molecule has 0 saturated heterocycles. The molecule has 0 aliphatic rings. The third-order valence-electron chi connectivity index (χ3n) is 1.68. The Morgan fingerprint density at radius 3 is 3.07 bits per heavy atom. The summed E-state index contributed by atoms with van der Waals surface area (Å²) < 4.78 is 4.91. The van der Waals surface area contributed by atoms with Crippen LogP contribution < -0.4 is 10.9 Å². The fourth-order valence-corrected chi connectivity index (χ4v) is 1.11. The second-order valence-corrected chi connectivity index (χ2v) is 2.90. The molecule has 0 fully saturated rings. The molecule has 1 aromatic heterocycles. The predicted molar refractivity (Wildman–Crippen MR) is 53.0 cm³/mol. The molecule has 0 spiro atoms. The lowest BCUT2D eigenvalue weighted by atomic mass is 10.4. The van der Waals surface area contributed by atoms with E-state index in [4.69, 9.17) is 4.74 Å². The molecular weight excluding hydrogens is 182 g/mol. The molecule has 1 rings (SSSR count). The molecule has 0 radical (unpaired) electrons. The monoisotopic (exact) mass is 197 g/mol. The highest BCUT2D eigenvalue weighted by molar-refractivity contribution is 5.01. The van der Waals surface area contributed by atoms with Crippen molar-refractivity contribution in [3.05, 3.63) is 27.9 Å². The van der Waals surface area contributed by atoms with Gasteiger partial charge in [0.05, 0.1) is 18.8 Å². The highest BCUT2D eigenvalue weighted by atomic mass is 16.5. The van der Waals surface area contributed by atoms with Gasteiger partial charge in [-0.05, 0) is 6.54 Å². The van der Waals surface area contributed by atoms with Crippen LogP contribution in [0.3, 0.4) is 0 Å². The van der Waals surface area contributed by atoms with Crippen molar-refractivity contribution in [2.75, 3.05) is 13.7 Å². The Kier molecular flexibility index (Phi) is 4.28. The Hall–Kier alpha value is -1.20. The van der Waals surface area contributed by atoms with Gasteiger partial charge in [0, 0.05) is 13.2 Å². The zero-order chi connectivity index (χ0) is 10.4. The van der Waals surface area contributed by atoms with Crippen LogP contribution in [0.1, 0.15) is 18.4 Å². The fraction of sp³-hybridized carbons (Fsp3) is 0.556. The molecule has 0 aliphatic carbocycles. The lowest BCUT2D eigenvalue weighted by Crippen LogP contribution is -2.19. The maximum atomic E-state index is 11.2. The number of hydrogen-bond acceptors (Lipinski definition) is 4. The van der Waals surface area contributed by atoms with Crippen LogP contribution >= 0.6 is 0 Å². The Balaban J connectivity index is 2.78. The first-order chi connectivity index (χ1) is 6.76. The number of ether oxygens (including phenoxy) is 1. The molecule has 1 aromatic rings. The van der Waals surface area contributed by atoms with Crippen molar-refractivity contribution in [3.8, 4) is 0 Å². The molecular formula is C9H15N3O2. The van der Waals surface area contributed by atoms with Crippen molar-refractivity contribution >= 4 is 0 Å². The topological polar surface area (TPSA) is 67.0 Å². The normalized spacial score (nSPS) is 10.4. The molecule has 0 saturated carbocycles. The zero-order valence-corrected chi connectivity index (χ0v) is 8.46. The van der Waals surface area contributed by atoms with Gasteiger partial charge in [-0.1, -0.05) is 6.92 Å². The van der Waals surface area contributed by atoms with E-state index in [1.165, 1.54) is 6.07 Å². The van der Waals surface area contributed by atoms with E-state index in [1.54, 1.807) is 7.11 Å². The molecule has 1 heterocycles. The van der Waals surface area contributed by atoms with Gasteiger partial charge in [-0.25, -0.2) is 4.98 Å². The average molecular weight is 197 g/mol. The number of nitrogens with zero attached hydrogens (tertiary/aromatic N) is 1. The van der Waals surface area contributed by atoms with E-state index in [0.717, 1.165) is 6.54 Å². The van der Waals surface area contributed by atoms with Crippen LogP contribution in [0.15, 0.2) is 10.9 Å². The molecule has 14 heavy (non-hydrogen) atoms. The number of hydrogen-bond donors (Lipinski definition) is 2. The minimum atomic E-state index is -0.139. The Morgan fingerprint density at radius 2 is 2.43 bits per heavy atom. The van der Waals surface area contributed by atoms with E-state index in [0.29, 0.717) is 24.7 Å². The smallest absolute Gasteiger partial charge is 0.251 e. The third-order valence-corrected chi connectivity index (χ3v) is 1.68. The molecule has 0 aromatic carbocycles. The molecule has 0 atom stereocenters. The van der Waals surface area contributed by atoms with Gasteiger partial charge in [0.15, 0.2) is 0 Å². The Labute approximate surface area is 82.5 Å². The van der Waals surface area contributed by atoms with Crippen LogP contribution in [0.5, 0.6) is 0 Å². The lowest BCUT2D eigenvalue weighted by Gasteiger charge is -2.03. The molecule has 0 unspecified atom stereocenters. The zero-order valence-electron chi connectivity index (χ0n) is 8.46. The van der Waals surface area contributed by atoms with Gasteiger partial charge < -0.3 is 15.0 Å². The van der Waals surface area contributed by atoms with E-state index < -0.39 is 0 Å². The van der Waals surface area contributed by atoms with Crippen LogP contribution in [-0.2, 0) is 17.9 Å². The van der Waals surface area contributed by atoms with Gasteiger partial charge in [-0.2, -0.15) is 0 Å². The summed E-state index contributed by atoms with van der Waals surface area (Å²) in [4.78, 5) is 18.0. The van der Waals surface area contributed by atoms with Crippen LogP contribution in [0.4, 0.5) is 0 Å². The first kappa shape index (κ1) is 10.9. The van der Waals surface area contributed by atoms with E-state index in [1.807, 2.05) is 6.92 Å². The molecule has 2 N–H and O–H groups in total. The van der Waals surface area contributed by atoms with Crippen molar-refractivity contribution < 1.29 is 4.74 Å². The van der Waals surface area contributed by atoms with Gasteiger partial charge in [-0.3, -0.25) is 4.79 Å². The van der Waals surface area contributed by atoms with Gasteiger partial charge in [0.1, 0.15) is 5.82 Å². The molecule has 78 valence electrons. The molecule has 0 aliphatic heterocycles. The van der Waals surface area contributed by atoms with Crippen LogP contribution in [-0.4, -0.2) is 23.6 Å². The number of aromatic amines is 1. The highest BCUT2D eigenvalue weighted by Crippen LogP contribution is 1.93. The quantitative estimate of drug-likeness (QED) is 0.698. The molecule has 0 bridgehead atoms. The number of rotatable bonds is 5. The number of H-pyrrole nitrogens is 1. The van der Waals surface area contributed by atoms with Crippen molar-refractivity contribution in [2.45, 2.75) is 20.1 Å². The first-order valence-corrected chi connectivity index (χ1v) is 4.55. The maximum absolute atomic E-state index is 11.2. The van der Waals surface area contributed by atoms with Crippen LogP contribution in [0, 0.1) is 0 Å². The van der Waals surface area contributed by atoms with Crippen molar-refractivity contribution in [1.29, 1.82) is 0 Å². The van der Waals surface area contributed by atoms with E-state index in [-0.39, 0.29) is 5.56 Å². The van der Waals surface area contributed by atoms with Gasteiger partial charge in [0.2, 0.25) is 0 Å². The van der Waals surface area contributed by atoms with Crippen LogP contribution in [0.25, 0.3) is 0 Å². The molecule has 0 amide bonds. The minimum absolute atomic E-state index is 0.139. The van der Waals surface area contributed by atoms with E-state index in [2.05, 4.69) is 15.3 Å². The van der Waals surface area contributed by atoms with Gasteiger partial charge in [0.25, 0.3) is 5.56 Å². The van der Waals surface area contributed by atoms with Crippen molar-refractivity contribution in [3.63, 3.8) is 0 Å². The molecule has 5 nitrogen and oxygen atoms in total. The van der Waals surface area contributed by atoms with E-state index >= 15 is 0 Å². The molecule has 5 heteroatoms. The second kappa shape index (κ2) is 5.51. The predicted octanol–water partition coefficient (Wildman–Crippen LogP) is 0.0258. The van der Waals surface area contributed by atoms with Crippen molar-refractivity contribution in [2.24, 2.45) is 0 Å². The Morgan fingerprint density at radius 1 is 1.64 bits per heavy atom. The summed E-state index contributed by atoms with van der Waals surface area (Å²) in [6.07, 6.45) is 0. The van der Waals surface area contributed by atoms with Gasteiger partial charge >= 0.3 is 0 Å². The van der Waals surface area contributed by atoms with E-state index in [9.17, 15) is 4.79 Å². The number of aromatic nitrogens is 2. The highest BCUT2D eigenvalue weighted by Gasteiger charge is 1.99. The summed E-state index contributed by atoms with van der Waals surface area (Å²) in [6, 6.07) is 1.44. The van der Waals surface area contributed by atoms with Crippen molar-refractivity contribution in [1.82, 2.24) is 15.3 Å². The summed E-state index contributed by atoms with van der Waals surface area (Å²) in [5.41, 5.74) is 0.518. The lowest BCUT2D eigenvalue weighted by molar-refractivity contribution is 0.181. The summed E-state index contributed by atoms with van der Waals surface area (Å²) >= 11 is 0. The minimum Gasteiger partial charge on any atom is -0.378 e. The summed E-state index contributed by atoms with van der Waals surface area (Å²) in [5, 5.41) is 3.09. The average Bonchev–Trinajstić information content (AvgIpc) is 2.14. The largest absolute Gasteiger partial charge is 0.378 e. The standard InChI is InChI=1S/C9H15N3O2/c1-3-10-5-8-11-7(6-14-2)4-9(13)12-8/h4,10H,3,5-6H2,1-2H3,(H,11,12,13). The van der Waals surface area contributed by atoms with Gasteiger partial charge in [-0.15, -0.1) is 0 Å². The van der Waals surface area contributed by atoms with Crippen LogP contribution in [0.2, 0.25) is 0 Å². The second-order valence-electron chi connectivity index (χ2n) is 2.90. The number of methoxy groups -OCH3 is 1. The SMILES string of the molecule is CCNCc1nc(COC)cc(=O)[nH]1. The summed E-state index contributed by atoms with van der Waals surface area (Å²) in [6.45, 7) is 3.78. The summed E-state index contributed by atoms with van der Waals surface area (Å²) in [7, 11) is 1.58. The Bertz CT molecular complexity index is 335. The first-order valence-electron chi connectivity index (χ1n) is 4.55. The number of nitrogens with one attached hydrogen (secondary N) is 2. The third kappa shape index (κ3) is 3.27.